The zero-order valence-electron chi connectivity index (χ0n) is 13.0. The van der Waals surface area contributed by atoms with Crippen molar-refractivity contribution in [2.45, 2.75) is 52.9 Å². The monoisotopic (exact) mass is 312 g/mol. The van der Waals surface area contributed by atoms with E-state index in [1.54, 1.807) is 0 Å². The molecule has 5 nitrogen and oxygen atoms in total. The third kappa shape index (κ3) is 5.12. The molecule has 1 heterocycles. The summed E-state index contributed by atoms with van der Waals surface area (Å²) in [5.41, 5.74) is 0.607. The lowest BCUT2D eigenvalue weighted by Crippen LogP contribution is -2.33. The Bertz CT molecular complexity index is 479. The number of aromatic carboxylic acids is 1. The number of aryl methyl sites for hydroxylation is 1. The molecule has 1 aromatic heterocycles. The van der Waals surface area contributed by atoms with Gasteiger partial charge in [0.2, 0.25) is 5.91 Å². The van der Waals surface area contributed by atoms with Crippen LogP contribution in [0.15, 0.2) is 0 Å². The summed E-state index contributed by atoms with van der Waals surface area (Å²) >= 11 is 1.13. The second kappa shape index (κ2) is 8.77. The molecule has 118 valence electrons. The molecule has 0 aliphatic rings. The molecule has 0 spiro atoms. The van der Waals surface area contributed by atoms with Crippen LogP contribution >= 0.6 is 11.3 Å². The van der Waals surface area contributed by atoms with Crippen LogP contribution in [0.4, 0.5) is 0 Å². The Hall–Kier alpha value is -1.43. The fraction of sp³-hybridized carbons (Fsp3) is 0.667. The maximum atomic E-state index is 12.3. The van der Waals surface area contributed by atoms with E-state index >= 15 is 0 Å². The second-order valence-electron chi connectivity index (χ2n) is 5.00. The molecule has 0 radical (unpaired) electrons. The maximum Gasteiger partial charge on any atom is 0.347 e. The molecular weight excluding hydrogens is 288 g/mol. The molecule has 0 saturated carbocycles. The van der Waals surface area contributed by atoms with Crippen LogP contribution in [0, 0.1) is 0 Å². The van der Waals surface area contributed by atoms with E-state index in [9.17, 15) is 14.7 Å². The topological polar surface area (TPSA) is 70.5 Å². The second-order valence-corrected chi connectivity index (χ2v) is 6.08. The van der Waals surface area contributed by atoms with Crippen molar-refractivity contribution in [3.8, 4) is 0 Å². The predicted molar refractivity (Wildman–Crippen MR) is 83.9 cm³/mol. The van der Waals surface area contributed by atoms with E-state index in [-0.39, 0.29) is 17.2 Å². The minimum atomic E-state index is -0.950. The SMILES string of the molecule is CCCc1nc(CC(=O)N(CCC)CCC)sc1C(=O)O. The fourth-order valence-electron chi connectivity index (χ4n) is 2.19. The van der Waals surface area contributed by atoms with Gasteiger partial charge in [0.15, 0.2) is 0 Å². The number of carbonyl (C=O) groups is 2. The highest BCUT2D eigenvalue weighted by Crippen LogP contribution is 2.21. The number of thiazole rings is 1. The van der Waals surface area contributed by atoms with Gasteiger partial charge in [-0.25, -0.2) is 9.78 Å². The van der Waals surface area contributed by atoms with Crippen LogP contribution in [0.25, 0.3) is 0 Å². The highest BCUT2D eigenvalue weighted by molar-refractivity contribution is 7.13. The first-order valence-corrected chi connectivity index (χ1v) is 8.34. The van der Waals surface area contributed by atoms with Crippen LogP contribution in [-0.4, -0.2) is 40.0 Å². The third-order valence-corrected chi connectivity index (χ3v) is 4.15. The average Bonchev–Trinajstić information content (AvgIpc) is 2.82. The normalized spacial score (nSPS) is 10.6. The van der Waals surface area contributed by atoms with Gasteiger partial charge in [-0.2, -0.15) is 0 Å². The minimum Gasteiger partial charge on any atom is -0.477 e. The van der Waals surface area contributed by atoms with Crippen molar-refractivity contribution in [3.63, 3.8) is 0 Å². The van der Waals surface area contributed by atoms with Crippen LogP contribution in [0.2, 0.25) is 0 Å². The van der Waals surface area contributed by atoms with E-state index in [4.69, 9.17) is 0 Å². The van der Waals surface area contributed by atoms with E-state index in [2.05, 4.69) is 4.98 Å². The molecule has 1 amide bonds. The summed E-state index contributed by atoms with van der Waals surface area (Å²) in [7, 11) is 0. The van der Waals surface area contributed by atoms with Crippen molar-refractivity contribution in [3.05, 3.63) is 15.6 Å². The van der Waals surface area contributed by atoms with Crippen LogP contribution in [-0.2, 0) is 17.6 Å². The first-order valence-electron chi connectivity index (χ1n) is 7.53. The number of amides is 1. The van der Waals surface area contributed by atoms with Gasteiger partial charge in [-0.15, -0.1) is 11.3 Å². The van der Waals surface area contributed by atoms with Crippen molar-refractivity contribution < 1.29 is 14.7 Å². The van der Waals surface area contributed by atoms with Crippen molar-refractivity contribution in [2.75, 3.05) is 13.1 Å². The average molecular weight is 312 g/mol. The Balaban J connectivity index is 2.83. The van der Waals surface area contributed by atoms with Gasteiger partial charge in [0.1, 0.15) is 9.88 Å². The predicted octanol–water partition coefficient (Wildman–Crippen LogP) is 2.98. The van der Waals surface area contributed by atoms with Crippen LogP contribution in [0.3, 0.4) is 0 Å². The lowest BCUT2D eigenvalue weighted by Gasteiger charge is -2.20. The highest BCUT2D eigenvalue weighted by atomic mass is 32.1. The number of carbonyl (C=O) groups excluding carboxylic acids is 1. The number of hydrogen-bond donors (Lipinski definition) is 1. The van der Waals surface area contributed by atoms with Gasteiger partial charge >= 0.3 is 5.97 Å². The van der Waals surface area contributed by atoms with E-state index < -0.39 is 5.97 Å². The Morgan fingerprint density at radius 1 is 1.14 bits per heavy atom. The molecule has 0 atom stereocenters. The number of aromatic nitrogens is 1. The number of carboxylic acids is 1. The lowest BCUT2D eigenvalue weighted by atomic mass is 10.2. The van der Waals surface area contributed by atoms with Crippen molar-refractivity contribution in [2.24, 2.45) is 0 Å². The van der Waals surface area contributed by atoms with Gasteiger partial charge in [0.05, 0.1) is 12.1 Å². The summed E-state index contributed by atoms with van der Waals surface area (Å²) in [5, 5.41) is 9.80. The molecule has 1 aromatic rings. The summed E-state index contributed by atoms with van der Waals surface area (Å²) in [5.74, 6) is -0.916. The van der Waals surface area contributed by atoms with Gasteiger partial charge in [0, 0.05) is 13.1 Å². The van der Waals surface area contributed by atoms with Gasteiger partial charge in [-0.1, -0.05) is 27.2 Å². The Morgan fingerprint density at radius 3 is 2.24 bits per heavy atom. The molecule has 0 aromatic carbocycles. The standard InChI is InChI=1S/C15H24N2O3S/c1-4-7-11-14(15(19)20)21-12(16-11)10-13(18)17(8-5-2)9-6-3/h4-10H2,1-3H3,(H,19,20). The summed E-state index contributed by atoms with van der Waals surface area (Å²) in [4.78, 5) is 30.0. The Kier molecular flexibility index (Phi) is 7.36. The molecule has 1 rings (SSSR count). The van der Waals surface area contributed by atoms with Crippen LogP contribution in [0.1, 0.15) is 60.4 Å². The van der Waals surface area contributed by atoms with Crippen LogP contribution in [0.5, 0.6) is 0 Å². The minimum absolute atomic E-state index is 0.0347. The summed E-state index contributed by atoms with van der Waals surface area (Å²) in [6.45, 7) is 7.56. The first kappa shape index (κ1) is 17.6. The van der Waals surface area contributed by atoms with Gasteiger partial charge in [0.25, 0.3) is 0 Å². The number of carboxylic acid groups (broad SMARTS) is 1. The van der Waals surface area contributed by atoms with Gasteiger partial charge in [-0.3, -0.25) is 4.79 Å². The number of hydrogen-bond acceptors (Lipinski definition) is 4. The van der Waals surface area contributed by atoms with Gasteiger partial charge in [-0.05, 0) is 19.3 Å². The molecule has 0 fully saturated rings. The lowest BCUT2D eigenvalue weighted by molar-refractivity contribution is -0.130. The van der Waals surface area contributed by atoms with E-state index in [0.29, 0.717) is 17.1 Å². The molecule has 0 unspecified atom stereocenters. The summed E-state index contributed by atoms with van der Waals surface area (Å²) in [6, 6.07) is 0. The molecule has 6 heteroatoms. The Morgan fingerprint density at radius 2 is 1.76 bits per heavy atom. The zero-order chi connectivity index (χ0) is 15.8. The maximum absolute atomic E-state index is 12.3. The van der Waals surface area contributed by atoms with Gasteiger partial charge < -0.3 is 10.0 Å². The number of rotatable bonds is 9. The molecule has 0 saturated heterocycles. The summed E-state index contributed by atoms with van der Waals surface area (Å²) in [6.07, 6.45) is 3.53. The zero-order valence-corrected chi connectivity index (χ0v) is 13.8. The molecule has 0 bridgehead atoms. The molecule has 21 heavy (non-hydrogen) atoms. The molecule has 1 N–H and O–H groups in total. The summed E-state index contributed by atoms with van der Waals surface area (Å²) < 4.78 is 0. The molecular formula is C15H24N2O3S. The van der Waals surface area contributed by atoms with Crippen molar-refractivity contribution in [1.82, 2.24) is 9.88 Å². The van der Waals surface area contributed by atoms with E-state index in [1.165, 1.54) is 0 Å². The quantitative estimate of drug-likeness (QED) is 0.761. The number of nitrogens with zero attached hydrogens (tertiary/aromatic N) is 2. The fourth-order valence-corrected chi connectivity index (χ4v) is 3.13. The highest BCUT2D eigenvalue weighted by Gasteiger charge is 2.20. The van der Waals surface area contributed by atoms with Crippen molar-refractivity contribution >= 4 is 23.2 Å². The van der Waals surface area contributed by atoms with E-state index in [1.807, 2.05) is 25.7 Å². The molecule has 0 aliphatic carbocycles. The van der Waals surface area contributed by atoms with E-state index in [0.717, 1.165) is 43.7 Å². The third-order valence-electron chi connectivity index (χ3n) is 3.06. The van der Waals surface area contributed by atoms with Crippen LogP contribution < -0.4 is 0 Å². The smallest absolute Gasteiger partial charge is 0.347 e. The molecule has 0 aliphatic heterocycles. The first-order chi connectivity index (χ1) is 10.0. The Labute approximate surface area is 130 Å². The van der Waals surface area contributed by atoms with Crippen molar-refractivity contribution in [1.29, 1.82) is 0 Å². The largest absolute Gasteiger partial charge is 0.477 e.